The Bertz CT molecular complexity index is 450. The van der Waals surface area contributed by atoms with Gasteiger partial charge in [-0.15, -0.1) is 0 Å². The van der Waals surface area contributed by atoms with Gasteiger partial charge < -0.3 is 14.4 Å². The van der Waals surface area contributed by atoms with Gasteiger partial charge >= 0.3 is 0 Å². The number of amides is 1. The van der Waals surface area contributed by atoms with Gasteiger partial charge in [-0.1, -0.05) is 26.0 Å². The van der Waals surface area contributed by atoms with Crippen LogP contribution >= 0.6 is 0 Å². The highest BCUT2D eigenvalue weighted by Gasteiger charge is 2.24. The van der Waals surface area contributed by atoms with E-state index in [9.17, 15) is 4.79 Å². The fourth-order valence-corrected chi connectivity index (χ4v) is 2.72. The minimum Gasteiger partial charge on any atom is -0.497 e. The zero-order chi connectivity index (χ0) is 15.2. The fraction of sp³-hybridized carbons (Fsp3) is 0.588. The smallest absolute Gasteiger partial charge is 0.223 e. The summed E-state index contributed by atoms with van der Waals surface area (Å²) in [6.45, 7) is 7.07. The third-order valence-corrected chi connectivity index (χ3v) is 4.11. The maximum absolute atomic E-state index is 12.5. The van der Waals surface area contributed by atoms with Crippen molar-refractivity contribution in [2.75, 3.05) is 33.4 Å². The summed E-state index contributed by atoms with van der Waals surface area (Å²) in [6, 6.07) is 8.06. The molecule has 4 nitrogen and oxygen atoms in total. The van der Waals surface area contributed by atoms with Crippen LogP contribution in [0.1, 0.15) is 31.7 Å². The van der Waals surface area contributed by atoms with Crippen LogP contribution < -0.4 is 4.74 Å². The molecule has 21 heavy (non-hydrogen) atoms. The van der Waals surface area contributed by atoms with E-state index in [2.05, 4.69) is 26.0 Å². The summed E-state index contributed by atoms with van der Waals surface area (Å²) < 4.78 is 10.5. The minimum atomic E-state index is 0.229. The summed E-state index contributed by atoms with van der Waals surface area (Å²) >= 11 is 0. The van der Waals surface area contributed by atoms with E-state index >= 15 is 0 Å². The molecule has 116 valence electrons. The summed E-state index contributed by atoms with van der Waals surface area (Å²) in [5.41, 5.74) is 1.20. The van der Waals surface area contributed by atoms with E-state index in [0.717, 1.165) is 5.75 Å². The van der Waals surface area contributed by atoms with Gasteiger partial charge in [0.1, 0.15) is 5.75 Å². The Morgan fingerprint density at radius 3 is 2.38 bits per heavy atom. The van der Waals surface area contributed by atoms with E-state index in [1.165, 1.54) is 5.56 Å². The molecule has 1 heterocycles. The van der Waals surface area contributed by atoms with Crippen molar-refractivity contribution in [1.82, 2.24) is 4.90 Å². The molecule has 0 N–H and O–H groups in total. The van der Waals surface area contributed by atoms with Crippen LogP contribution in [0.25, 0.3) is 0 Å². The van der Waals surface area contributed by atoms with E-state index in [-0.39, 0.29) is 11.8 Å². The van der Waals surface area contributed by atoms with Crippen molar-refractivity contribution in [3.05, 3.63) is 29.8 Å². The van der Waals surface area contributed by atoms with E-state index in [0.29, 0.717) is 38.6 Å². The predicted octanol–water partition coefficient (Wildman–Crippen LogP) is 2.68. The highest BCUT2D eigenvalue weighted by atomic mass is 16.5. The van der Waals surface area contributed by atoms with E-state index in [1.54, 1.807) is 7.11 Å². The lowest BCUT2D eigenvalue weighted by molar-refractivity contribution is -0.135. The second-order valence-corrected chi connectivity index (χ2v) is 5.82. The number of carbonyl (C=O) groups is 1. The molecule has 0 aromatic heterocycles. The molecule has 1 aliphatic rings. The molecule has 4 heteroatoms. The molecule has 0 unspecified atom stereocenters. The second-order valence-electron chi connectivity index (χ2n) is 5.82. The van der Waals surface area contributed by atoms with Gasteiger partial charge in [0.15, 0.2) is 0 Å². The largest absolute Gasteiger partial charge is 0.497 e. The molecule has 0 bridgehead atoms. The number of hydrogen-bond donors (Lipinski definition) is 0. The van der Waals surface area contributed by atoms with Crippen LogP contribution in [0, 0.1) is 5.92 Å². The van der Waals surface area contributed by atoms with E-state index < -0.39 is 0 Å². The Morgan fingerprint density at radius 1 is 1.24 bits per heavy atom. The van der Waals surface area contributed by atoms with Gasteiger partial charge in [0.25, 0.3) is 0 Å². The first kappa shape index (κ1) is 15.8. The van der Waals surface area contributed by atoms with E-state index in [4.69, 9.17) is 9.47 Å². The summed E-state index contributed by atoms with van der Waals surface area (Å²) in [5, 5.41) is 0. The highest BCUT2D eigenvalue weighted by molar-refractivity contribution is 5.77. The molecule has 1 saturated heterocycles. The van der Waals surface area contributed by atoms with E-state index in [1.807, 2.05) is 17.0 Å². The van der Waals surface area contributed by atoms with Crippen LogP contribution in [-0.4, -0.2) is 44.2 Å². The summed E-state index contributed by atoms with van der Waals surface area (Å²) in [4.78, 5) is 14.4. The number of ether oxygens (including phenoxy) is 2. The lowest BCUT2D eigenvalue weighted by atomic mass is 9.85. The molecule has 1 aromatic carbocycles. The van der Waals surface area contributed by atoms with Gasteiger partial charge in [0.05, 0.1) is 20.3 Å². The molecule has 0 aliphatic carbocycles. The molecular formula is C17H25NO3. The number of morpholine rings is 1. The average molecular weight is 291 g/mol. The predicted molar refractivity (Wildman–Crippen MR) is 82.6 cm³/mol. The molecule has 1 aliphatic heterocycles. The number of benzene rings is 1. The quantitative estimate of drug-likeness (QED) is 0.837. The van der Waals surface area contributed by atoms with Crippen LogP contribution in [0.2, 0.25) is 0 Å². The standard InChI is InChI=1S/C17H25NO3/c1-13(2)16(14-4-6-15(20-3)7-5-14)12-17(19)18-8-10-21-11-9-18/h4-7,13,16H,8-12H2,1-3H3/t16-/m1/s1. The minimum absolute atomic E-state index is 0.229. The first-order chi connectivity index (χ1) is 10.1. The Balaban J connectivity index is 2.05. The summed E-state index contributed by atoms with van der Waals surface area (Å²) in [6.07, 6.45) is 0.560. The number of carbonyl (C=O) groups excluding carboxylic acids is 1. The summed E-state index contributed by atoms with van der Waals surface area (Å²) in [7, 11) is 1.66. The molecule has 1 aromatic rings. The number of rotatable bonds is 5. The van der Waals surface area contributed by atoms with Gasteiger partial charge in [-0.05, 0) is 29.5 Å². The Morgan fingerprint density at radius 2 is 1.86 bits per heavy atom. The number of hydrogen-bond acceptors (Lipinski definition) is 3. The first-order valence-electron chi connectivity index (χ1n) is 7.61. The van der Waals surface area contributed by atoms with Gasteiger partial charge in [-0.3, -0.25) is 4.79 Å². The maximum atomic E-state index is 12.5. The second kappa shape index (κ2) is 7.46. The third-order valence-electron chi connectivity index (χ3n) is 4.11. The molecule has 1 amide bonds. The third kappa shape index (κ3) is 4.21. The Hall–Kier alpha value is -1.55. The first-order valence-corrected chi connectivity index (χ1v) is 7.61. The zero-order valence-electron chi connectivity index (χ0n) is 13.2. The lowest BCUT2D eigenvalue weighted by Crippen LogP contribution is -2.41. The van der Waals surface area contributed by atoms with Crippen LogP contribution in [0.3, 0.4) is 0 Å². The highest BCUT2D eigenvalue weighted by Crippen LogP contribution is 2.30. The monoisotopic (exact) mass is 291 g/mol. The van der Waals surface area contributed by atoms with Crippen molar-refractivity contribution in [3.8, 4) is 5.75 Å². The molecule has 2 rings (SSSR count). The van der Waals surface area contributed by atoms with Gasteiger partial charge in [0.2, 0.25) is 5.91 Å². The van der Waals surface area contributed by atoms with Crippen molar-refractivity contribution in [3.63, 3.8) is 0 Å². The van der Waals surface area contributed by atoms with Crippen molar-refractivity contribution in [2.45, 2.75) is 26.2 Å². The topological polar surface area (TPSA) is 38.8 Å². The van der Waals surface area contributed by atoms with Gasteiger partial charge in [0, 0.05) is 19.5 Å². The van der Waals surface area contributed by atoms with Crippen LogP contribution in [0.4, 0.5) is 0 Å². The van der Waals surface area contributed by atoms with Crippen molar-refractivity contribution >= 4 is 5.91 Å². The van der Waals surface area contributed by atoms with Gasteiger partial charge in [-0.2, -0.15) is 0 Å². The SMILES string of the molecule is COc1ccc([C@H](CC(=O)N2CCOCC2)C(C)C)cc1. The van der Waals surface area contributed by atoms with Crippen molar-refractivity contribution in [1.29, 1.82) is 0 Å². The Labute approximate surface area is 127 Å². The Kier molecular flexibility index (Phi) is 5.62. The normalized spacial score (nSPS) is 16.9. The lowest BCUT2D eigenvalue weighted by Gasteiger charge is -2.29. The van der Waals surface area contributed by atoms with Crippen LogP contribution in [0.5, 0.6) is 5.75 Å². The molecule has 1 atom stereocenters. The zero-order valence-corrected chi connectivity index (χ0v) is 13.2. The number of nitrogens with zero attached hydrogens (tertiary/aromatic N) is 1. The average Bonchev–Trinajstić information content (AvgIpc) is 2.53. The maximum Gasteiger partial charge on any atom is 0.223 e. The molecule has 0 radical (unpaired) electrons. The van der Waals surface area contributed by atoms with Crippen LogP contribution in [0.15, 0.2) is 24.3 Å². The van der Waals surface area contributed by atoms with Gasteiger partial charge in [-0.25, -0.2) is 0 Å². The molecule has 0 saturated carbocycles. The van der Waals surface area contributed by atoms with Crippen LogP contribution in [-0.2, 0) is 9.53 Å². The summed E-state index contributed by atoms with van der Waals surface area (Å²) in [5.74, 6) is 1.74. The van der Waals surface area contributed by atoms with Crippen molar-refractivity contribution in [2.24, 2.45) is 5.92 Å². The molecular weight excluding hydrogens is 266 g/mol. The number of methoxy groups -OCH3 is 1. The van der Waals surface area contributed by atoms with Crippen molar-refractivity contribution < 1.29 is 14.3 Å². The fourth-order valence-electron chi connectivity index (χ4n) is 2.72. The molecule has 0 spiro atoms. The molecule has 1 fully saturated rings.